The molecule has 3 rings (SSSR count). The number of hydrogen-bond acceptors (Lipinski definition) is 6. The zero-order chi connectivity index (χ0) is 20.1. The number of nitriles is 1. The van der Waals surface area contributed by atoms with Crippen molar-refractivity contribution in [2.45, 2.75) is 49.6 Å². The number of rotatable bonds is 6. The van der Waals surface area contributed by atoms with Crippen LogP contribution in [0.1, 0.15) is 36.8 Å². The summed E-state index contributed by atoms with van der Waals surface area (Å²) in [6, 6.07) is 10.1. The second-order valence-electron chi connectivity index (χ2n) is 6.84. The zero-order valence-electron chi connectivity index (χ0n) is 15.9. The molecule has 0 aliphatic heterocycles. The number of ether oxygens (including phenoxy) is 2. The van der Waals surface area contributed by atoms with Gasteiger partial charge in [-0.2, -0.15) is 5.26 Å². The number of aryl methyl sites for hydroxylation is 1. The van der Waals surface area contributed by atoms with Crippen LogP contribution in [0.5, 0.6) is 11.6 Å². The zero-order valence-corrected chi connectivity index (χ0v) is 16.7. The van der Waals surface area contributed by atoms with Crippen LogP contribution >= 0.6 is 0 Å². The van der Waals surface area contributed by atoms with Gasteiger partial charge in [0.15, 0.2) is 0 Å². The van der Waals surface area contributed by atoms with Crippen LogP contribution in [0.25, 0.3) is 0 Å². The predicted octanol–water partition coefficient (Wildman–Crippen LogP) is 2.94. The van der Waals surface area contributed by atoms with Crippen LogP contribution in [-0.4, -0.2) is 32.7 Å². The maximum Gasteiger partial charge on any atom is 0.240 e. The van der Waals surface area contributed by atoms with E-state index in [1.807, 2.05) is 13.0 Å². The van der Waals surface area contributed by atoms with Crippen molar-refractivity contribution in [2.24, 2.45) is 0 Å². The maximum atomic E-state index is 12.7. The summed E-state index contributed by atoms with van der Waals surface area (Å²) in [7, 11) is -2.02. The molecule has 1 aromatic carbocycles. The summed E-state index contributed by atoms with van der Waals surface area (Å²) in [6.07, 6.45) is 4.31. The van der Waals surface area contributed by atoms with E-state index >= 15 is 0 Å². The van der Waals surface area contributed by atoms with Crippen molar-refractivity contribution in [1.82, 2.24) is 9.71 Å². The van der Waals surface area contributed by atoms with Crippen LogP contribution in [0.15, 0.2) is 41.4 Å². The van der Waals surface area contributed by atoms with Gasteiger partial charge < -0.3 is 9.47 Å². The largest absolute Gasteiger partial charge is 0.496 e. The molecule has 0 spiro atoms. The molecule has 8 heteroatoms. The van der Waals surface area contributed by atoms with E-state index < -0.39 is 10.0 Å². The summed E-state index contributed by atoms with van der Waals surface area (Å²) in [5.41, 5.74) is 1.26. The van der Waals surface area contributed by atoms with Crippen molar-refractivity contribution in [2.75, 3.05) is 7.11 Å². The standard InChI is InChI=1S/C20H23N3O4S/c1-14-11-18(8-9-19(14)26-2)28(24,25)23-16-4-6-17(7-5-16)27-20-10-3-15(12-21)13-22-20/h3,8-11,13,16-17,23H,4-7H2,1-2H3. The van der Waals surface area contributed by atoms with Crippen molar-refractivity contribution in [3.63, 3.8) is 0 Å². The molecule has 7 nitrogen and oxygen atoms in total. The molecule has 0 amide bonds. The molecule has 0 saturated heterocycles. The van der Waals surface area contributed by atoms with Crippen molar-refractivity contribution in [3.05, 3.63) is 47.7 Å². The van der Waals surface area contributed by atoms with Gasteiger partial charge in [-0.15, -0.1) is 0 Å². The highest BCUT2D eigenvalue weighted by atomic mass is 32.2. The summed E-state index contributed by atoms with van der Waals surface area (Å²) in [6.45, 7) is 1.82. The number of nitrogens with one attached hydrogen (secondary N) is 1. The van der Waals surface area contributed by atoms with Gasteiger partial charge in [0.05, 0.1) is 17.6 Å². The first-order valence-corrected chi connectivity index (χ1v) is 10.6. The van der Waals surface area contributed by atoms with E-state index in [4.69, 9.17) is 14.7 Å². The first kappa shape index (κ1) is 20.1. The van der Waals surface area contributed by atoms with Crippen LogP contribution in [0.2, 0.25) is 0 Å². The van der Waals surface area contributed by atoms with Crippen LogP contribution in [0.3, 0.4) is 0 Å². The van der Waals surface area contributed by atoms with E-state index in [-0.39, 0.29) is 17.0 Å². The van der Waals surface area contributed by atoms with E-state index in [1.165, 1.54) is 6.20 Å². The third kappa shape index (κ3) is 4.80. The normalized spacial score (nSPS) is 19.6. The highest BCUT2D eigenvalue weighted by Crippen LogP contribution is 2.26. The smallest absolute Gasteiger partial charge is 0.240 e. The Labute approximate surface area is 165 Å². The highest BCUT2D eigenvalue weighted by molar-refractivity contribution is 7.89. The minimum atomic E-state index is -3.58. The Hall–Kier alpha value is -2.63. The van der Waals surface area contributed by atoms with Crippen LogP contribution in [-0.2, 0) is 10.0 Å². The third-order valence-corrected chi connectivity index (χ3v) is 6.34. The second kappa shape index (κ2) is 8.59. The second-order valence-corrected chi connectivity index (χ2v) is 8.56. The van der Waals surface area contributed by atoms with Gasteiger partial charge in [-0.25, -0.2) is 18.1 Å². The summed E-state index contributed by atoms with van der Waals surface area (Å²) < 4.78 is 39.2. The number of hydrogen-bond donors (Lipinski definition) is 1. The fraction of sp³-hybridized carbons (Fsp3) is 0.400. The van der Waals surface area contributed by atoms with Crippen LogP contribution < -0.4 is 14.2 Å². The molecule has 148 valence electrons. The fourth-order valence-corrected chi connectivity index (χ4v) is 4.68. The molecule has 1 heterocycles. The lowest BCUT2D eigenvalue weighted by Crippen LogP contribution is -2.39. The Kier molecular flexibility index (Phi) is 6.17. The average molecular weight is 401 g/mol. The number of pyridine rings is 1. The predicted molar refractivity (Wildman–Crippen MR) is 104 cm³/mol. The van der Waals surface area contributed by atoms with Crippen molar-refractivity contribution >= 4 is 10.0 Å². The average Bonchev–Trinajstić information content (AvgIpc) is 2.70. The monoisotopic (exact) mass is 401 g/mol. The molecule has 1 fully saturated rings. The Morgan fingerprint density at radius 3 is 2.50 bits per heavy atom. The summed E-state index contributed by atoms with van der Waals surface area (Å²) in [5.74, 6) is 1.14. The first-order valence-electron chi connectivity index (χ1n) is 9.11. The number of sulfonamides is 1. The van der Waals surface area contributed by atoms with Crippen LogP contribution in [0, 0.1) is 18.3 Å². The quantitative estimate of drug-likeness (QED) is 0.799. The lowest BCUT2D eigenvalue weighted by atomic mass is 9.94. The van der Waals surface area contributed by atoms with Gasteiger partial charge in [0.2, 0.25) is 15.9 Å². The van der Waals surface area contributed by atoms with E-state index in [1.54, 1.807) is 37.4 Å². The van der Waals surface area contributed by atoms with Crippen molar-refractivity contribution in [3.8, 4) is 17.7 Å². The minimum absolute atomic E-state index is 0.00980. The molecular weight excluding hydrogens is 378 g/mol. The Morgan fingerprint density at radius 1 is 1.18 bits per heavy atom. The van der Waals surface area contributed by atoms with Gasteiger partial charge in [0.1, 0.15) is 17.9 Å². The van der Waals surface area contributed by atoms with Crippen molar-refractivity contribution < 1.29 is 17.9 Å². The highest BCUT2D eigenvalue weighted by Gasteiger charge is 2.27. The lowest BCUT2D eigenvalue weighted by Gasteiger charge is -2.29. The number of benzene rings is 1. The Morgan fingerprint density at radius 2 is 1.93 bits per heavy atom. The summed E-state index contributed by atoms with van der Waals surface area (Å²) >= 11 is 0. The van der Waals surface area contributed by atoms with Gasteiger partial charge >= 0.3 is 0 Å². The fourth-order valence-electron chi connectivity index (χ4n) is 3.29. The van der Waals surface area contributed by atoms with E-state index in [9.17, 15) is 8.42 Å². The molecule has 0 unspecified atom stereocenters. The topological polar surface area (TPSA) is 101 Å². The maximum absolute atomic E-state index is 12.7. The van der Waals surface area contributed by atoms with Gasteiger partial charge in [0, 0.05) is 18.3 Å². The Bertz CT molecular complexity index is 960. The number of nitrogens with zero attached hydrogens (tertiary/aromatic N) is 2. The summed E-state index contributed by atoms with van der Waals surface area (Å²) in [4.78, 5) is 4.36. The molecule has 28 heavy (non-hydrogen) atoms. The van der Waals surface area contributed by atoms with Gasteiger partial charge in [-0.1, -0.05) is 0 Å². The molecule has 0 atom stereocenters. The number of methoxy groups -OCH3 is 1. The van der Waals surface area contributed by atoms with Crippen LogP contribution in [0.4, 0.5) is 0 Å². The first-order chi connectivity index (χ1) is 13.4. The minimum Gasteiger partial charge on any atom is -0.496 e. The van der Waals surface area contributed by atoms with Gasteiger partial charge in [0.25, 0.3) is 0 Å². The molecule has 0 radical (unpaired) electrons. The molecule has 1 aliphatic carbocycles. The van der Waals surface area contributed by atoms with Gasteiger partial charge in [-0.05, 0) is 62.4 Å². The van der Waals surface area contributed by atoms with E-state index in [2.05, 4.69) is 9.71 Å². The van der Waals surface area contributed by atoms with E-state index in [0.29, 0.717) is 30.0 Å². The number of aromatic nitrogens is 1. The lowest BCUT2D eigenvalue weighted by molar-refractivity contribution is 0.138. The third-order valence-electron chi connectivity index (χ3n) is 4.83. The SMILES string of the molecule is COc1ccc(S(=O)(=O)NC2CCC(Oc3ccc(C#N)cn3)CC2)cc1C. The molecule has 1 aromatic heterocycles. The Balaban J connectivity index is 1.55. The van der Waals surface area contributed by atoms with Crippen molar-refractivity contribution in [1.29, 1.82) is 5.26 Å². The molecular formula is C20H23N3O4S. The molecule has 1 aliphatic rings. The van der Waals surface area contributed by atoms with E-state index in [0.717, 1.165) is 18.4 Å². The molecule has 1 N–H and O–H groups in total. The molecule has 1 saturated carbocycles. The van der Waals surface area contributed by atoms with Gasteiger partial charge in [-0.3, -0.25) is 0 Å². The molecule has 2 aromatic rings. The summed E-state index contributed by atoms with van der Waals surface area (Å²) in [5, 5.41) is 8.80. The molecule has 0 bridgehead atoms.